The number of methoxy groups -OCH3 is 1. The third-order valence-corrected chi connectivity index (χ3v) is 4.49. The molecule has 0 bridgehead atoms. The van der Waals surface area contributed by atoms with E-state index in [1.165, 1.54) is 23.4 Å². The lowest BCUT2D eigenvalue weighted by molar-refractivity contribution is -0.119. The number of amides is 1. The van der Waals surface area contributed by atoms with Crippen LogP contribution in [0.4, 0.5) is 0 Å². The Morgan fingerprint density at radius 2 is 2.31 bits per heavy atom. The molecule has 0 aromatic rings. The number of carbonyl (C=O) groups excluding carboxylic acids is 1. The molecule has 2 N–H and O–H groups in total. The molecule has 2 aliphatic rings. The lowest BCUT2D eigenvalue weighted by Gasteiger charge is -2.27. The minimum absolute atomic E-state index is 0.210. The van der Waals surface area contributed by atoms with Crippen LogP contribution in [0.3, 0.4) is 0 Å². The Bertz CT molecular complexity index is 317. The maximum atomic E-state index is 11.4. The van der Waals surface area contributed by atoms with Crippen molar-refractivity contribution in [3.8, 4) is 0 Å². The van der Waals surface area contributed by atoms with Crippen molar-refractivity contribution in [3.05, 3.63) is 10.6 Å². The van der Waals surface area contributed by atoms with Crippen molar-refractivity contribution in [1.29, 1.82) is 0 Å². The molecule has 4 nitrogen and oxygen atoms in total. The maximum Gasteiger partial charge on any atom is 0.250 e. The summed E-state index contributed by atoms with van der Waals surface area (Å²) in [7, 11) is 1.68. The van der Waals surface area contributed by atoms with Crippen molar-refractivity contribution >= 4 is 17.7 Å². The van der Waals surface area contributed by atoms with E-state index < -0.39 is 0 Å². The number of allylic oxidation sites excluding steroid dienone is 2. The van der Waals surface area contributed by atoms with Crippen LogP contribution in [0.15, 0.2) is 10.6 Å². The van der Waals surface area contributed by atoms with Gasteiger partial charge in [-0.2, -0.15) is 0 Å². The van der Waals surface area contributed by atoms with E-state index in [1.807, 2.05) is 0 Å². The van der Waals surface area contributed by atoms with Crippen molar-refractivity contribution in [2.45, 2.75) is 31.1 Å². The number of hydrogen-bond donors (Lipinski definition) is 1. The number of hydrogen-bond acceptors (Lipinski definition) is 4. The summed E-state index contributed by atoms with van der Waals surface area (Å²) in [5, 5.41) is -0.210. The number of rotatable bonds is 4. The van der Waals surface area contributed by atoms with Crippen molar-refractivity contribution in [1.82, 2.24) is 4.90 Å². The van der Waals surface area contributed by atoms with Crippen molar-refractivity contribution in [3.63, 3.8) is 0 Å². The molecule has 1 aliphatic heterocycles. The molecule has 0 saturated heterocycles. The maximum absolute atomic E-state index is 11.4. The Balaban J connectivity index is 2.12. The third-order valence-electron chi connectivity index (χ3n) is 3.05. The Kier molecular flexibility index (Phi) is 3.76. The van der Waals surface area contributed by atoms with Gasteiger partial charge < -0.3 is 15.4 Å². The molecule has 0 fully saturated rings. The van der Waals surface area contributed by atoms with Gasteiger partial charge in [0.1, 0.15) is 0 Å². The van der Waals surface area contributed by atoms with E-state index in [1.54, 1.807) is 18.9 Å². The molecule has 1 amide bonds. The Morgan fingerprint density at radius 3 is 3.00 bits per heavy atom. The molecular weight excluding hydrogens is 224 g/mol. The summed E-state index contributed by atoms with van der Waals surface area (Å²) in [6.07, 6.45) is 4.63. The zero-order chi connectivity index (χ0) is 11.5. The van der Waals surface area contributed by atoms with Gasteiger partial charge in [-0.3, -0.25) is 4.79 Å². The topological polar surface area (TPSA) is 55.6 Å². The van der Waals surface area contributed by atoms with Crippen LogP contribution in [0.2, 0.25) is 0 Å². The van der Waals surface area contributed by atoms with Crippen molar-refractivity contribution in [2.75, 3.05) is 20.3 Å². The summed E-state index contributed by atoms with van der Waals surface area (Å²) in [6, 6.07) is 0. The van der Waals surface area contributed by atoms with E-state index in [0.29, 0.717) is 6.61 Å². The summed E-state index contributed by atoms with van der Waals surface area (Å²) < 4.78 is 5.09. The van der Waals surface area contributed by atoms with Crippen molar-refractivity contribution in [2.24, 2.45) is 5.73 Å². The van der Waals surface area contributed by atoms with Crippen LogP contribution in [0, 0.1) is 0 Å². The molecular formula is C11H18N2O2S. The number of primary amides is 1. The predicted octanol–water partition coefficient (Wildman–Crippen LogP) is 1.28. The Labute approximate surface area is 100 Å². The van der Waals surface area contributed by atoms with Gasteiger partial charge in [0, 0.05) is 24.3 Å². The van der Waals surface area contributed by atoms with Crippen LogP contribution >= 0.6 is 11.8 Å². The molecule has 0 saturated carbocycles. The molecule has 1 unspecified atom stereocenters. The van der Waals surface area contributed by atoms with E-state index in [2.05, 4.69) is 4.90 Å². The molecule has 5 heteroatoms. The normalized spacial score (nSPS) is 24.8. The number of carbonyl (C=O) groups is 1. The van der Waals surface area contributed by atoms with Gasteiger partial charge in [0.25, 0.3) is 5.91 Å². The van der Waals surface area contributed by atoms with Gasteiger partial charge in [-0.1, -0.05) is 11.8 Å². The van der Waals surface area contributed by atoms with Gasteiger partial charge in [0.2, 0.25) is 0 Å². The predicted molar refractivity (Wildman–Crippen MR) is 64.6 cm³/mol. The number of nitrogens with two attached hydrogens (primary N) is 1. The molecule has 0 radical (unpaired) electrons. The first-order valence-corrected chi connectivity index (χ1v) is 6.55. The summed E-state index contributed by atoms with van der Waals surface area (Å²) in [4.78, 5) is 14.9. The van der Waals surface area contributed by atoms with Gasteiger partial charge in [0.05, 0.1) is 6.61 Å². The first kappa shape index (κ1) is 11.8. The zero-order valence-corrected chi connectivity index (χ0v) is 10.4. The zero-order valence-electron chi connectivity index (χ0n) is 9.57. The SMILES string of the molecule is COCCN1C2=C(CCCC2)SC1C(N)=O. The largest absolute Gasteiger partial charge is 0.383 e. The number of ether oxygens (including phenoxy) is 1. The minimum atomic E-state index is -0.240. The van der Waals surface area contributed by atoms with Gasteiger partial charge >= 0.3 is 0 Å². The second-order valence-electron chi connectivity index (χ2n) is 4.14. The van der Waals surface area contributed by atoms with E-state index in [9.17, 15) is 4.79 Å². The van der Waals surface area contributed by atoms with E-state index >= 15 is 0 Å². The fraction of sp³-hybridized carbons (Fsp3) is 0.727. The lowest BCUT2D eigenvalue weighted by atomic mass is 10.0. The monoisotopic (exact) mass is 242 g/mol. The molecule has 0 spiro atoms. The highest BCUT2D eigenvalue weighted by atomic mass is 32.2. The summed E-state index contributed by atoms with van der Waals surface area (Å²) in [5.74, 6) is -0.240. The smallest absolute Gasteiger partial charge is 0.250 e. The Morgan fingerprint density at radius 1 is 1.56 bits per heavy atom. The van der Waals surface area contributed by atoms with Gasteiger partial charge in [-0.05, 0) is 25.7 Å². The van der Waals surface area contributed by atoms with Crippen molar-refractivity contribution < 1.29 is 9.53 Å². The fourth-order valence-electron chi connectivity index (χ4n) is 2.29. The summed E-state index contributed by atoms with van der Waals surface area (Å²) >= 11 is 1.64. The highest BCUT2D eigenvalue weighted by Gasteiger charge is 2.36. The molecule has 0 aromatic carbocycles. The standard InChI is InChI=1S/C11H18N2O2S/c1-15-7-6-13-8-4-2-3-5-9(8)16-11(13)10(12)14/h11H,2-7H2,1H3,(H2,12,14). The second-order valence-corrected chi connectivity index (χ2v) is 5.31. The van der Waals surface area contributed by atoms with Crippen LogP contribution in [0.25, 0.3) is 0 Å². The van der Waals surface area contributed by atoms with E-state index in [-0.39, 0.29) is 11.3 Å². The summed E-state index contributed by atoms with van der Waals surface area (Å²) in [5.41, 5.74) is 6.78. The van der Waals surface area contributed by atoms with Crippen LogP contribution < -0.4 is 5.73 Å². The van der Waals surface area contributed by atoms with Gasteiger partial charge in [-0.25, -0.2) is 0 Å². The number of thioether (sulfide) groups is 1. The molecule has 1 aliphatic carbocycles. The quantitative estimate of drug-likeness (QED) is 0.807. The minimum Gasteiger partial charge on any atom is -0.383 e. The average Bonchev–Trinajstić information content (AvgIpc) is 2.65. The molecule has 1 atom stereocenters. The molecule has 0 aromatic heterocycles. The van der Waals surface area contributed by atoms with E-state index in [0.717, 1.165) is 19.4 Å². The van der Waals surface area contributed by atoms with Gasteiger partial charge in [0.15, 0.2) is 5.37 Å². The van der Waals surface area contributed by atoms with Gasteiger partial charge in [-0.15, -0.1) is 0 Å². The highest BCUT2D eigenvalue weighted by Crippen LogP contribution is 2.44. The van der Waals surface area contributed by atoms with Crippen LogP contribution in [-0.2, 0) is 9.53 Å². The first-order chi connectivity index (χ1) is 7.74. The Hall–Kier alpha value is -0.680. The fourth-order valence-corrected chi connectivity index (χ4v) is 3.65. The van der Waals surface area contributed by atoms with Crippen LogP contribution in [0.1, 0.15) is 25.7 Å². The molecule has 16 heavy (non-hydrogen) atoms. The molecule has 1 heterocycles. The number of nitrogens with zero attached hydrogens (tertiary/aromatic N) is 1. The van der Waals surface area contributed by atoms with Crippen LogP contribution in [0.5, 0.6) is 0 Å². The summed E-state index contributed by atoms with van der Waals surface area (Å²) in [6.45, 7) is 1.40. The molecule has 2 rings (SSSR count). The van der Waals surface area contributed by atoms with E-state index in [4.69, 9.17) is 10.5 Å². The van der Waals surface area contributed by atoms with Crippen LogP contribution in [-0.4, -0.2) is 36.4 Å². The third kappa shape index (κ3) is 2.20. The highest BCUT2D eigenvalue weighted by molar-refractivity contribution is 8.04. The first-order valence-electron chi connectivity index (χ1n) is 5.67. The second kappa shape index (κ2) is 5.10. The lowest BCUT2D eigenvalue weighted by Crippen LogP contribution is -2.40. The molecule has 90 valence electrons. The average molecular weight is 242 g/mol.